The Labute approximate surface area is 134 Å². The molecule has 0 bridgehead atoms. The van der Waals surface area contributed by atoms with Gasteiger partial charge in [-0.05, 0) is 31.0 Å². The van der Waals surface area contributed by atoms with Gasteiger partial charge in [-0.15, -0.1) is 10.2 Å². The molecule has 2 aromatic rings. The molecule has 122 valence electrons. The Bertz CT molecular complexity index is 663. The van der Waals surface area contributed by atoms with Gasteiger partial charge >= 0.3 is 0 Å². The van der Waals surface area contributed by atoms with E-state index in [1.165, 1.54) is 0 Å². The molecule has 0 saturated carbocycles. The van der Waals surface area contributed by atoms with E-state index in [1.807, 2.05) is 6.07 Å². The summed E-state index contributed by atoms with van der Waals surface area (Å²) in [5, 5.41) is 24.8. The van der Waals surface area contributed by atoms with Crippen LogP contribution in [0.2, 0.25) is 0 Å². The second-order valence-corrected chi connectivity index (χ2v) is 5.58. The number of nitrogens with one attached hydrogen (secondary N) is 1. The van der Waals surface area contributed by atoms with Crippen LogP contribution in [0.5, 0.6) is 0 Å². The van der Waals surface area contributed by atoms with Gasteiger partial charge in [0.2, 0.25) is 0 Å². The van der Waals surface area contributed by atoms with E-state index in [-0.39, 0.29) is 18.1 Å². The molecule has 1 fully saturated rings. The van der Waals surface area contributed by atoms with Crippen LogP contribution in [0.15, 0.2) is 24.4 Å². The number of aliphatic hydroxyl groups is 1. The van der Waals surface area contributed by atoms with E-state index in [0.29, 0.717) is 5.69 Å². The van der Waals surface area contributed by atoms with Gasteiger partial charge in [-0.25, -0.2) is 0 Å². The molecule has 1 unspecified atom stereocenters. The first-order chi connectivity index (χ1) is 11.1. The summed E-state index contributed by atoms with van der Waals surface area (Å²) in [6.45, 7) is 2.06. The Kier molecular flexibility index (Phi) is 4.52. The summed E-state index contributed by atoms with van der Waals surface area (Å²) in [4.78, 5) is 14.2. The maximum atomic E-state index is 12.1. The Balaban J connectivity index is 1.56. The molecular formula is C15H20N6O2. The molecule has 1 aliphatic heterocycles. The third-order valence-corrected chi connectivity index (χ3v) is 3.97. The van der Waals surface area contributed by atoms with Crippen molar-refractivity contribution < 1.29 is 9.90 Å². The summed E-state index contributed by atoms with van der Waals surface area (Å²) in [6.07, 6.45) is 3.11. The van der Waals surface area contributed by atoms with Gasteiger partial charge in [0.05, 0.1) is 5.69 Å². The maximum absolute atomic E-state index is 12.1. The first-order valence-corrected chi connectivity index (χ1v) is 7.68. The average Bonchev–Trinajstić information content (AvgIpc) is 3.24. The van der Waals surface area contributed by atoms with Crippen LogP contribution in [0.1, 0.15) is 35.1 Å². The fraction of sp³-hybridized carbons (Fsp3) is 0.467. The van der Waals surface area contributed by atoms with E-state index < -0.39 is 6.10 Å². The zero-order valence-electron chi connectivity index (χ0n) is 13.0. The van der Waals surface area contributed by atoms with Crippen LogP contribution >= 0.6 is 0 Å². The summed E-state index contributed by atoms with van der Waals surface area (Å²) in [7, 11) is 1.74. The van der Waals surface area contributed by atoms with Crippen molar-refractivity contribution in [1.82, 2.24) is 25.3 Å². The number of aliphatic hydroxyl groups excluding tert-OH is 1. The molecule has 2 aromatic heterocycles. The Morgan fingerprint density at radius 3 is 2.70 bits per heavy atom. The fourth-order valence-electron chi connectivity index (χ4n) is 2.66. The number of aromatic nitrogens is 4. The molecular weight excluding hydrogens is 296 g/mol. The molecule has 0 spiro atoms. The number of amides is 1. The summed E-state index contributed by atoms with van der Waals surface area (Å²) < 4.78 is 1.57. The quantitative estimate of drug-likeness (QED) is 0.822. The van der Waals surface area contributed by atoms with Crippen LogP contribution in [-0.4, -0.2) is 50.6 Å². The summed E-state index contributed by atoms with van der Waals surface area (Å²) in [6, 6.07) is 5.18. The van der Waals surface area contributed by atoms with Crippen LogP contribution in [0.3, 0.4) is 0 Å². The van der Waals surface area contributed by atoms with Crippen LogP contribution < -0.4 is 10.2 Å². The van der Waals surface area contributed by atoms with Gasteiger partial charge < -0.3 is 15.3 Å². The molecule has 1 aliphatic rings. The zero-order chi connectivity index (χ0) is 16.2. The van der Waals surface area contributed by atoms with Crippen molar-refractivity contribution in [2.24, 2.45) is 7.05 Å². The van der Waals surface area contributed by atoms with Crippen LogP contribution in [0, 0.1) is 0 Å². The molecule has 1 atom stereocenters. The largest absolute Gasteiger partial charge is 0.385 e. The Morgan fingerprint density at radius 1 is 1.30 bits per heavy atom. The van der Waals surface area contributed by atoms with Crippen LogP contribution in [0.25, 0.3) is 0 Å². The monoisotopic (exact) mass is 316 g/mol. The summed E-state index contributed by atoms with van der Waals surface area (Å²) >= 11 is 0. The molecule has 0 aromatic carbocycles. The number of hydrogen-bond donors (Lipinski definition) is 2. The van der Waals surface area contributed by atoms with E-state index >= 15 is 0 Å². The Hall–Kier alpha value is -2.48. The van der Waals surface area contributed by atoms with Crippen molar-refractivity contribution in [3.8, 4) is 0 Å². The zero-order valence-corrected chi connectivity index (χ0v) is 13.0. The molecule has 1 saturated heterocycles. The fourth-order valence-corrected chi connectivity index (χ4v) is 2.66. The second kappa shape index (κ2) is 6.74. The lowest BCUT2D eigenvalue weighted by atomic mass is 10.2. The van der Waals surface area contributed by atoms with Gasteiger partial charge in [-0.2, -0.15) is 5.10 Å². The van der Waals surface area contributed by atoms with Crippen molar-refractivity contribution in [2.45, 2.75) is 18.9 Å². The molecule has 0 radical (unpaired) electrons. The van der Waals surface area contributed by atoms with E-state index in [2.05, 4.69) is 25.5 Å². The van der Waals surface area contributed by atoms with E-state index in [1.54, 1.807) is 30.1 Å². The number of rotatable bonds is 5. The lowest BCUT2D eigenvalue weighted by Gasteiger charge is -2.15. The molecule has 8 heteroatoms. The number of carbonyl (C=O) groups excluding carboxylic acids is 1. The minimum atomic E-state index is -0.816. The molecule has 1 amide bonds. The average molecular weight is 316 g/mol. The number of carbonyl (C=O) groups is 1. The van der Waals surface area contributed by atoms with Gasteiger partial charge in [-0.1, -0.05) is 0 Å². The van der Waals surface area contributed by atoms with Crippen molar-refractivity contribution >= 4 is 11.7 Å². The molecule has 2 N–H and O–H groups in total. The first kappa shape index (κ1) is 15.4. The third kappa shape index (κ3) is 3.48. The van der Waals surface area contributed by atoms with Gasteiger partial charge in [0, 0.05) is 32.9 Å². The molecule has 3 rings (SSSR count). The lowest BCUT2D eigenvalue weighted by Crippen LogP contribution is -2.30. The van der Waals surface area contributed by atoms with Crippen LogP contribution in [-0.2, 0) is 7.05 Å². The molecule has 8 nitrogen and oxygen atoms in total. The van der Waals surface area contributed by atoms with Crippen molar-refractivity contribution in [1.29, 1.82) is 0 Å². The maximum Gasteiger partial charge on any atom is 0.271 e. The predicted octanol–water partition coefficient (Wildman–Crippen LogP) is 0.274. The molecule has 0 aliphatic carbocycles. The Morgan fingerprint density at radius 2 is 2.09 bits per heavy atom. The third-order valence-electron chi connectivity index (χ3n) is 3.97. The highest BCUT2D eigenvalue weighted by atomic mass is 16.3. The highest BCUT2D eigenvalue weighted by Crippen LogP contribution is 2.16. The van der Waals surface area contributed by atoms with Gasteiger partial charge in [0.15, 0.2) is 11.5 Å². The topological polar surface area (TPSA) is 96.2 Å². The van der Waals surface area contributed by atoms with Gasteiger partial charge in [0.25, 0.3) is 5.91 Å². The lowest BCUT2D eigenvalue weighted by molar-refractivity contribution is 0.0905. The number of aryl methyl sites for hydroxylation is 1. The second-order valence-electron chi connectivity index (χ2n) is 5.58. The summed E-state index contributed by atoms with van der Waals surface area (Å²) in [5.41, 5.74) is 0.880. The standard InChI is InChI=1S/C15H20N6O2/c1-20-12(6-7-17-20)13(22)10-16-15(23)11-4-5-14(19-18-11)21-8-2-3-9-21/h4-7,13,22H,2-3,8-10H2,1H3,(H,16,23). The first-order valence-electron chi connectivity index (χ1n) is 7.68. The van der Waals surface area contributed by atoms with Gasteiger partial charge in [0.1, 0.15) is 6.10 Å². The molecule has 3 heterocycles. The number of nitrogens with zero attached hydrogens (tertiary/aromatic N) is 5. The van der Waals surface area contributed by atoms with Crippen molar-refractivity contribution in [3.05, 3.63) is 35.8 Å². The van der Waals surface area contributed by atoms with E-state index in [9.17, 15) is 9.90 Å². The highest BCUT2D eigenvalue weighted by molar-refractivity contribution is 5.92. The normalized spacial score (nSPS) is 15.7. The smallest absolute Gasteiger partial charge is 0.271 e. The molecule has 23 heavy (non-hydrogen) atoms. The highest BCUT2D eigenvalue weighted by Gasteiger charge is 2.17. The van der Waals surface area contributed by atoms with Crippen molar-refractivity contribution in [2.75, 3.05) is 24.5 Å². The van der Waals surface area contributed by atoms with E-state index in [4.69, 9.17) is 0 Å². The minimum Gasteiger partial charge on any atom is -0.385 e. The SMILES string of the molecule is Cn1nccc1C(O)CNC(=O)c1ccc(N2CCCC2)nn1. The predicted molar refractivity (Wildman–Crippen MR) is 84.0 cm³/mol. The van der Waals surface area contributed by atoms with Crippen molar-refractivity contribution in [3.63, 3.8) is 0 Å². The minimum absolute atomic E-state index is 0.0912. The number of hydrogen-bond acceptors (Lipinski definition) is 6. The summed E-state index contributed by atoms with van der Waals surface area (Å²) in [5.74, 6) is 0.445. The van der Waals surface area contributed by atoms with Crippen LogP contribution in [0.4, 0.5) is 5.82 Å². The van der Waals surface area contributed by atoms with Gasteiger partial charge in [-0.3, -0.25) is 9.48 Å². The number of anilines is 1. The van der Waals surface area contributed by atoms with E-state index in [0.717, 1.165) is 31.7 Å².